The molecule has 2 fully saturated rings. The summed E-state index contributed by atoms with van der Waals surface area (Å²) in [6.45, 7) is 2.15. The van der Waals surface area contributed by atoms with Crippen molar-refractivity contribution in [3.63, 3.8) is 0 Å². The minimum atomic E-state index is -0.944. The first-order valence-corrected chi connectivity index (χ1v) is 7.24. The van der Waals surface area contributed by atoms with Gasteiger partial charge in [0.1, 0.15) is 5.41 Å². The Bertz CT molecular complexity index is 393. The molecule has 0 unspecified atom stereocenters. The fourth-order valence-corrected chi connectivity index (χ4v) is 3.26. The average Bonchev–Trinajstić information content (AvgIpc) is 3.18. The standard InChI is InChI=1S/C14H25N3O3/c1-16(2)6-10-5-11(9-18)8-17(7-10)13(20)14(3-4-14)12(15)19/h10-11,18H,3-9H2,1-2H3,(H2,15,19)/t10-,11-/m1/s1. The van der Waals surface area contributed by atoms with E-state index < -0.39 is 11.3 Å². The Labute approximate surface area is 119 Å². The van der Waals surface area contributed by atoms with Crippen molar-refractivity contribution < 1.29 is 14.7 Å². The molecule has 0 aromatic rings. The molecular formula is C14H25N3O3. The van der Waals surface area contributed by atoms with Gasteiger partial charge in [0.2, 0.25) is 11.8 Å². The number of nitrogens with two attached hydrogens (primary N) is 1. The molecule has 2 amide bonds. The Morgan fingerprint density at radius 2 is 1.90 bits per heavy atom. The maximum Gasteiger partial charge on any atom is 0.238 e. The highest BCUT2D eigenvalue weighted by atomic mass is 16.3. The maximum atomic E-state index is 12.5. The van der Waals surface area contributed by atoms with Crippen LogP contribution in [0.15, 0.2) is 0 Å². The quantitative estimate of drug-likeness (QED) is 0.651. The molecule has 2 rings (SSSR count). The lowest BCUT2D eigenvalue weighted by Gasteiger charge is -2.39. The first-order chi connectivity index (χ1) is 9.39. The van der Waals surface area contributed by atoms with E-state index in [4.69, 9.17) is 5.73 Å². The van der Waals surface area contributed by atoms with Crippen molar-refractivity contribution in [2.24, 2.45) is 23.0 Å². The molecule has 1 saturated heterocycles. The molecule has 20 heavy (non-hydrogen) atoms. The second-order valence-electron chi connectivity index (χ2n) is 6.57. The van der Waals surface area contributed by atoms with Crippen LogP contribution >= 0.6 is 0 Å². The lowest BCUT2D eigenvalue weighted by atomic mass is 9.88. The highest BCUT2D eigenvalue weighted by Crippen LogP contribution is 2.47. The number of nitrogens with zero attached hydrogens (tertiary/aromatic N) is 2. The zero-order valence-corrected chi connectivity index (χ0v) is 12.3. The molecule has 1 heterocycles. The molecule has 0 aromatic heterocycles. The van der Waals surface area contributed by atoms with Gasteiger partial charge in [0.25, 0.3) is 0 Å². The van der Waals surface area contributed by atoms with Gasteiger partial charge in [0.05, 0.1) is 0 Å². The molecule has 0 bridgehead atoms. The molecule has 6 heteroatoms. The molecule has 0 spiro atoms. The Morgan fingerprint density at radius 1 is 1.30 bits per heavy atom. The largest absolute Gasteiger partial charge is 0.396 e. The van der Waals surface area contributed by atoms with Crippen molar-refractivity contribution in [1.29, 1.82) is 0 Å². The summed E-state index contributed by atoms with van der Waals surface area (Å²) in [6.07, 6.45) is 2.06. The Hall–Kier alpha value is -1.14. The normalized spacial score (nSPS) is 28.5. The number of carbonyl (C=O) groups is 2. The maximum absolute atomic E-state index is 12.5. The summed E-state index contributed by atoms with van der Waals surface area (Å²) in [4.78, 5) is 27.9. The fraction of sp³-hybridized carbons (Fsp3) is 0.857. The number of hydrogen-bond donors (Lipinski definition) is 2. The summed E-state index contributed by atoms with van der Waals surface area (Å²) in [7, 11) is 4.00. The van der Waals surface area contributed by atoms with E-state index in [0.717, 1.165) is 13.0 Å². The predicted octanol–water partition coefficient (Wildman–Crippen LogP) is -0.729. The molecule has 0 radical (unpaired) electrons. The summed E-state index contributed by atoms with van der Waals surface area (Å²) in [5.41, 5.74) is 4.43. The van der Waals surface area contributed by atoms with Crippen molar-refractivity contribution in [2.75, 3.05) is 40.3 Å². The van der Waals surface area contributed by atoms with E-state index in [1.54, 1.807) is 4.90 Å². The van der Waals surface area contributed by atoms with Crippen LogP contribution in [0.4, 0.5) is 0 Å². The topological polar surface area (TPSA) is 86.9 Å². The van der Waals surface area contributed by atoms with Crippen LogP contribution in [0.3, 0.4) is 0 Å². The summed E-state index contributed by atoms with van der Waals surface area (Å²) < 4.78 is 0. The first-order valence-electron chi connectivity index (χ1n) is 7.24. The van der Waals surface area contributed by atoms with Crippen molar-refractivity contribution in [3.05, 3.63) is 0 Å². The Morgan fingerprint density at radius 3 is 2.35 bits per heavy atom. The van der Waals surface area contributed by atoms with Crippen molar-refractivity contribution in [3.8, 4) is 0 Å². The van der Waals surface area contributed by atoms with E-state index in [-0.39, 0.29) is 18.4 Å². The number of likely N-dealkylation sites (tertiary alicyclic amines) is 1. The number of aliphatic hydroxyl groups excluding tert-OH is 1. The van der Waals surface area contributed by atoms with Gasteiger partial charge in [0, 0.05) is 26.2 Å². The van der Waals surface area contributed by atoms with Gasteiger partial charge in [-0.15, -0.1) is 0 Å². The van der Waals surface area contributed by atoms with Crippen LogP contribution in [0.5, 0.6) is 0 Å². The van der Waals surface area contributed by atoms with Crippen LogP contribution < -0.4 is 5.73 Å². The molecule has 1 aliphatic heterocycles. The van der Waals surface area contributed by atoms with Crippen LogP contribution in [0.1, 0.15) is 19.3 Å². The third-order valence-electron chi connectivity index (χ3n) is 4.42. The lowest BCUT2D eigenvalue weighted by Crippen LogP contribution is -2.51. The number of rotatable bonds is 5. The highest BCUT2D eigenvalue weighted by molar-refractivity contribution is 6.07. The molecule has 114 valence electrons. The van der Waals surface area contributed by atoms with Crippen LogP contribution in [0.2, 0.25) is 0 Å². The van der Waals surface area contributed by atoms with Gasteiger partial charge in [-0.2, -0.15) is 0 Å². The smallest absolute Gasteiger partial charge is 0.238 e. The lowest BCUT2D eigenvalue weighted by molar-refractivity contribution is -0.145. The fourth-order valence-electron chi connectivity index (χ4n) is 3.26. The van der Waals surface area contributed by atoms with E-state index in [0.29, 0.717) is 31.8 Å². The van der Waals surface area contributed by atoms with Gasteiger partial charge in [-0.05, 0) is 45.2 Å². The van der Waals surface area contributed by atoms with Gasteiger partial charge in [-0.3, -0.25) is 9.59 Å². The van der Waals surface area contributed by atoms with Gasteiger partial charge >= 0.3 is 0 Å². The monoisotopic (exact) mass is 283 g/mol. The van der Waals surface area contributed by atoms with Crippen molar-refractivity contribution in [1.82, 2.24) is 9.80 Å². The van der Waals surface area contributed by atoms with Crippen LogP contribution in [0, 0.1) is 17.3 Å². The molecule has 6 nitrogen and oxygen atoms in total. The van der Waals surface area contributed by atoms with Gasteiger partial charge < -0.3 is 20.6 Å². The minimum absolute atomic E-state index is 0.0806. The highest BCUT2D eigenvalue weighted by Gasteiger charge is 2.57. The van der Waals surface area contributed by atoms with E-state index in [1.807, 2.05) is 14.1 Å². The van der Waals surface area contributed by atoms with E-state index in [2.05, 4.69) is 4.90 Å². The molecular weight excluding hydrogens is 258 g/mol. The second-order valence-corrected chi connectivity index (χ2v) is 6.57. The van der Waals surface area contributed by atoms with Crippen molar-refractivity contribution in [2.45, 2.75) is 19.3 Å². The summed E-state index contributed by atoms with van der Waals surface area (Å²) in [5.74, 6) is -0.199. The van der Waals surface area contributed by atoms with E-state index >= 15 is 0 Å². The molecule has 1 saturated carbocycles. The predicted molar refractivity (Wildman–Crippen MR) is 74.7 cm³/mol. The zero-order valence-electron chi connectivity index (χ0n) is 12.3. The molecule has 1 aliphatic carbocycles. The number of aliphatic hydroxyl groups is 1. The van der Waals surface area contributed by atoms with Gasteiger partial charge in [-0.25, -0.2) is 0 Å². The molecule has 3 N–H and O–H groups in total. The number of carbonyl (C=O) groups excluding carboxylic acids is 2. The van der Waals surface area contributed by atoms with Crippen molar-refractivity contribution >= 4 is 11.8 Å². The first kappa shape index (κ1) is 15.3. The second kappa shape index (κ2) is 5.69. The molecule has 2 atom stereocenters. The zero-order chi connectivity index (χ0) is 14.9. The third kappa shape index (κ3) is 2.96. The Balaban J connectivity index is 2.06. The number of amides is 2. The third-order valence-corrected chi connectivity index (χ3v) is 4.42. The van der Waals surface area contributed by atoms with Crippen LogP contribution in [-0.4, -0.2) is 67.1 Å². The number of piperidine rings is 1. The van der Waals surface area contributed by atoms with E-state index in [1.165, 1.54) is 0 Å². The van der Waals surface area contributed by atoms with Gasteiger partial charge in [0.15, 0.2) is 0 Å². The van der Waals surface area contributed by atoms with Gasteiger partial charge in [-0.1, -0.05) is 0 Å². The number of hydrogen-bond acceptors (Lipinski definition) is 4. The summed E-state index contributed by atoms with van der Waals surface area (Å²) in [6, 6.07) is 0. The Kier molecular flexibility index (Phi) is 4.34. The SMILES string of the molecule is CN(C)C[C@H]1C[C@@H](CO)CN(C(=O)C2(C(N)=O)CC2)C1. The molecule has 0 aromatic carbocycles. The summed E-state index contributed by atoms with van der Waals surface area (Å²) >= 11 is 0. The number of primary amides is 1. The minimum Gasteiger partial charge on any atom is -0.396 e. The van der Waals surface area contributed by atoms with Crippen LogP contribution in [0.25, 0.3) is 0 Å². The molecule has 2 aliphatic rings. The average molecular weight is 283 g/mol. The van der Waals surface area contributed by atoms with E-state index in [9.17, 15) is 14.7 Å². The summed E-state index contributed by atoms with van der Waals surface area (Å²) in [5, 5.41) is 9.43. The van der Waals surface area contributed by atoms with Crippen LogP contribution in [-0.2, 0) is 9.59 Å².